The second kappa shape index (κ2) is 10.6. The SMILES string of the molecule is CN(C)CCCN(CC([P+](=O)O)P(=O)(O)O)CC([P+](=O)O)P(=O)(O)O. The molecule has 148 valence electrons. The molecule has 4 unspecified atom stereocenters. The summed E-state index contributed by atoms with van der Waals surface area (Å²) in [5.74, 6) is 0. The molecule has 0 aliphatic rings. The van der Waals surface area contributed by atoms with Gasteiger partial charge in [0.2, 0.25) is 0 Å². The molecule has 0 aromatic heterocycles. The van der Waals surface area contributed by atoms with E-state index in [2.05, 4.69) is 0 Å². The minimum atomic E-state index is -4.96. The van der Waals surface area contributed by atoms with Crippen molar-refractivity contribution in [3.63, 3.8) is 0 Å². The molecule has 4 atom stereocenters. The van der Waals surface area contributed by atoms with Gasteiger partial charge in [-0.3, -0.25) is 14.0 Å². The molecule has 16 heteroatoms. The van der Waals surface area contributed by atoms with Crippen LogP contribution >= 0.6 is 31.2 Å². The Bertz CT molecular complexity index is 519. The van der Waals surface area contributed by atoms with Crippen molar-refractivity contribution in [3.8, 4) is 0 Å². The van der Waals surface area contributed by atoms with Crippen molar-refractivity contribution < 1.29 is 47.6 Å². The summed E-state index contributed by atoms with van der Waals surface area (Å²) < 4.78 is 45.2. The van der Waals surface area contributed by atoms with Gasteiger partial charge in [0.05, 0.1) is 13.1 Å². The zero-order valence-corrected chi connectivity index (χ0v) is 17.3. The molecule has 0 heterocycles. The van der Waals surface area contributed by atoms with E-state index in [9.17, 15) is 37.8 Å². The van der Waals surface area contributed by atoms with Crippen LogP contribution in [0, 0.1) is 0 Å². The lowest BCUT2D eigenvalue weighted by molar-refractivity contribution is 0.251. The van der Waals surface area contributed by atoms with E-state index >= 15 is 0 Å². The van der Waals surface area contributed by atoms with Crippen molar-refractivity contribution in [2.75, 3.05) is 40.3 Å². The number of hydrogen-bond donors (Lipinski definition) is 6. The van der Waals surface area contributed by atoms with E-state index in [1.54, 1.807) is 19.0 Å². The molecule has 12 nitrogen and oxygen atoms in total. The van der Waals surface area contributed by atoms with Crippen LogP contribution in [0.2, 0.25) is 0 Å². The van der Waals surface area contributed by atoms with Crippen molar-refractivity contribution in [1.29, 1.82) is 0 Å². The normalized spacial score (nSPS) is 16.9. The Labute approximate surface area is 146 Å². The molecule has 0 fully saturated rings. The topological polar surface area (TPSA) is 196 Å². The molecule has 0 aliphatic carbocycles. The van der Waals surface area contributed by atoms with Crippen molar-refractivity contribution in [2.24, 2.45) is 0 Å². The average molecular weight is 444 g/mol. The van der Waals surface area contributed by atoms with Crippen LogP contribution in [0.3, 0.4) is 0 Å². The first kappa shape index (κ1) is 25.3. The number of rotatable bonds is 12. The third kappa shape index (κ3) is 10.3. The molecule has 0 rings (SSSR count). The monoisotopic (exact) mass is 444 g/mol. The van der Waals surface area contributed by atoms with Gasteiger partial charge in [0, 0.05) is 0 Å². The molecule has 0 spiro atoms. The summed E-state index contributed by atoms with van der Waals surface area (Å²) >= 11 is 0. The van der Waals surface area contributed by atoms with Gasteiger partial charge in [0.1, 0.15) is 0 Å². The maximum absolute atomic E-state index is 11.4. The van der Waals surface area contributed by atoms with E-state index in [1.807, 2.05) is 0 Å². The second-order valence-corrected chi connectivity index (χ2v) is 12.5. The minimum absolute atomic E-state index is 0.0531. The zero-order valence-electron chi connectivity index (χ0n) is 13.7. The maximum Gasteiger partial charge on any atom is 0.523 e. The Balaban J connectivity index is 5.39. The highest BCUT2D eigenvalue weighted by atomic mass is 31.2. The van der Waals surface area contributed by atoms with E-state index in [1.165, 1.54) is 0 Å². The van der Waals surface area contributed by atoms with Crippen LogP contribution in [0.5, 0.6) is 0 Å². The molecule has 0 radical (unpaired) electrons. The van der Waals surface area contributed by atoms with Gasteiger partial charge in [0.15, 0.2) is 0 Å². The van der Waals surface area contributed by atoms with Gasteiger partial charge < -0.3 is 24.5 Å². The predicted octanol–water partition coefficient (Wildman–Crippen LogP) is -0.283. The molecule has 0 saturated carbocycles. The predicted molar refractivity (Wildman–Crippen MR) is 90.9 cm³/mol. The summed E-state index contributed by atoms with van der Waals surface area (Å²) in [4.78, 5) is 57.9. The minimum Gasteiger partial charge on any atom is -0.321 e. The number of nitrogens with zero attached hydrogens (tertiary/aromatic N) is 2. The first-order chi connectivity index (χ1) is 11.2. The zero-order chi connectivity index (χ0) is 20.0. The molecule has 0 aromatic rings. The van der Waals surface area contributed by atoms with Crippen LogP contribution in [0.4, 0.5) is 0 Å². The highest BCUT2D eigenvalue weighted by Crippen LogP contribution is 2.54. The largest absolute Gasteiger partial charge is 0.523 e. The van der Waals surface area contributed by atoms with Gasteiger partial charge in [0.25, 0.3) is 10.8 Å². The summed E-state index contributed by atoms with van der Waals surface area (Å²) in [5, 5.41) is -3.92. The molecular formula is C9H24N2O10P4+2. The smallest absolute Gasteiger partial charge is 0.321 e. The van der Waals surface area contributed by atoms with Crippen LogP contribution in [0.15, 0.2) is 0 Å². The van der Waals surface area contributed by atoms with Gasteiger partial charge >= 0.3 is 31.2 Å². The quantitative estimate of drug-likeness (QED) is 0.216. The summed E-state index contributed by atoms with van der Waals surface area (Å²) in [5.41, 5.74) is 0. The lowest BCUT2D eigenvalue weighted by Gasteiger charge is -2.24. The fraction of sp³-hybridized carbons (Fsp3) is 1.00. The van der Waals surface area contributed by atoms with Gasteiger partial charge in [-0.15, -0.1) is 0 Å². The highest BCUT2D eigenvalue weighted by Gasteiger charge is 2.50. The molecular weight excluding hydrogens is 420 g/mol. The first-order valence-electron chi connectivity index (χ1n) is 6.94. The van der Waals surface area contributed by atoms with Crippen molar-refractivity contribution >= 4 is 31.2 Å². The van der Waals surface area contributed by atoms with Crippen molar-refractivity contribution in [3.05, 3.63) is 0 Å². The molecule has 25 heavy (non-hydrogen) atoms. The van der Waals surface area contributed by atoms with Crippen LogP contribution < -0.4 is 0 Å². The van der Waals surface area contributed by atoms with E-state index in [4.69, 9.17) is 9.79 Å². The maximum atomic E-state index is 11.4. The molecule has 0 saturated heterocycles. The van der Waals surface area contributed by atoms with E-state index in [-0.39, 0.29) is 6.54 Å². The molecule has 0 amide bonds. The lowest BCUT2D eigenvalue weighted by atomic mass is 10.3. The summed E-state index contributed by atoms with van der Waals surface area (Å²) in [6.45, 7) is -0.724. The Kier molecular flexibility index (Phi) is 10.8. The van der Waals surface area contributed by atoms with E-state index in [0.717, 1.165) is 4.90 Å². The molecule has 6 N–H and O–H groups in total. The Morgan fingerprint density at radius 1 is 0.840 bits per heavy atom. The third-order valence-electron chi connectivity index (χ3n) is 3.21. The van der Waals surface area contributed by atoms with Crippen LogP contribution in [0.25, 0.3) is 0 Å². The van der Waals surface area contributed by atoms with Crippen LogP contribution in [-0.4, -0.2) is 90.2 Å². The number of hydrogen-bond acceptors (Lipinski definition) is 6. The second-order valence-electron chi connectivity index (χ2n) is 5.66. The first-order valence-corrected chi connectivity index (χ1v) is 12.9. The van der Waals surface area contributed by atoms with Crippen LogP contribution in [-0.2, 0) is 18.3 Å². The Hall–Kier alpha value is 0.340. The summed E-state index contributed by atoms with van der Waals surface area (Å²) in [7, 11) is -12.9. The van der Waals surface area contributed by atoms with Gasteiger partial charge in [-0.25, -0.2) is 0 Å². The average Bonchev–Trinajstić information content (AvgIpc) is 2.36. The van der Waals surface area contributed by atoms with Crippen molar-refractivity contribution in [1.82, 2.24) is 9.80 Å². The molecule has 0 aromatic carbocycles. The third-order valence-corrected chi connectivity index (χ3v) is 9.43. The summed E-state index contributed by atoms with van der Waals surface area (Å²) in [6.07, 6.45) is 0.402. The fourth-order valence-corrected chi connectivity index (χ4v) is 5.63. The lowest BCUT2D eigenvalue weighted by Crippen LogP contribution is -2.37. The van der Waals surface area contributed by atoms with Gasteiger partial charge in [-0.1, -0.05) is 0 Å². The highest BCUT2D eigenvalue weighted by molar-refractivity contribution is 7.66. The fourth-order valence-electron chi connectivity index (χ4n) is 1.94. The Morgan fingerprint density at radius 3 is 1.44 bits per heavy atom. The van der Waals surface area contributed by atoms with Crippen molar-refractivity contribution in [2.45, 2.75) is 17.2 Å². The van der Waals surface area contributed by atoms with Crippen LogP contribution in [0.1, 0.15) is 6.42 Å². The summed E-state index contributed by atoms with van der Waals surface area (Å²) in [6, 6.07) is 0. The Morgan fingerprint density at radius 2 is 1.20 bits per heavy atom. The molecule has 0 aliphatic heterocycles. The molecule has 0 bridgehead atoms. The van der Waals surface area contributed by atoms with Gasteiger partial charge in [-0.2, -0.15) is 9.79 Å². The van der Waals surface area contributed by atoms with E-state index < -0.39 is 55.1 Å². The van der Waals surface area contributed by atoms with Gasteiger partial charge in [-0.05, 0) is 42.7 Å². The van der Waals surface area contributed by atoms with E-state index in [0.29, 0.717) is 13.0 Å². The standard InChI is InChI=1S/C9H22N2O10P4/c1-10(2)4-3-5-11(6-8(22(12)13)24(16,17)18)7-9(23(14)15)25(19,20)21/h8-9H,3-7H2,1-2H3,(H4-2,12,13,14,15,16,17,18,19,20,21)/p+2.